The Morgan fingerprint density at radius 2 is 1.89 bits per heavy atom. The van der Waals surface area contributed by atoms with Crippen molar-refractivity contribution in [1.82, 2.24) is 10.3 Å². The van der Waals surface area contributed by atoms with Crippen molar-refractivity contribution < 1.29 is 23.0 Å². The molecule has 8 heteroatoms. The SMILES string of the molecule is N#Cc1ccc(C(F)(F)F)nc1OC(CCNCCCO)c1ccccc1. The number of ether oxygens (including phenoxy) is 1. The maximum atomic E-state index is 13.0. The number of nitrogens with one attached hydrogen (secondary N) is 1. The van der Waals surface area contributed by atoms with Crippen molar-refractivity contribution in [3.8, 4) is 11.9 Å². The van der Waals surface area contributed by atoms with Crippen molar-refractivity contribution in [3.63, 3.8) is 0 Å². The molecule has 0 aliphatic rings. The van der Waals surface area contributed by atoms with Crippen LogP contribution in [-0.4, -0.2) is 29.8 Å². The van der Waals surface area contributed by atoms with Gasteiger partial charge in [-0.2, -0.15) is 18.4 Å². The number of benzene rings is 1. The van der Waals surface area contributed by atoms with Crippen molar-refractivity contribution in [2.24, 2.45) is 0 Å². The molecular weight excluding hydrogens is 359 g/mol. The number of halogens is 3. The van der Waals surface area contributed by atoms with Crippen LogP contribution in [0.4, 0.5) is 13.2 Å². The quantitative estimate of drug-likeness (QED) is 0.653. The number of hydrogen-bond acceptors (Lipinski definition) is 5. The molecule has 1 heterocycles. The molecule has 5 nitrogen and oxygen atoms in total. The van der Waals surface area contributed by atoms with E-state index in [0.717, 1.165) is 17.7 Å². The molecule has 1 atom stereocenters. The minimum atomic E-state index is -4.62. The van der Waals surface area contributed by atoms with E-state index in [1.807, 2.05) is 12.1 Å². The molecule has 0 fully saturated rings. The van der Waals surface area contributed by atoms with Crippen LogP contribution in [0.2, 0.25) is 0 Å². The van der Waals surface area contributed by atoms with Gasteiger partial charge in [0.05, 0.1) is 0 Å². The lowest BCUT2D eigenvalue weighted by molar-refractivity contribution is -0.141. The van der Waals surface area contributed by atoms with Crippen LogP contribution >= 0.6 is 0 Å². The smallest absolute Gasteiger partial charge is 0.433 e. The lowest BCUT2D eigenvalue weighted by Crippen LogP contribution is -2.22. The topological polar surface area (TPSA) is 78.2 Å². The Kier molecular flexibility index (Phi) is 7.58. The molecule has 27 heavy (non-hydrogen) atoms. The summed E-state index contributed by atoms with van der Waals surface area (Å²) in [6.07, 6.45) is -4.14. The summed E-state index contributed by atoms with van der Waals surface area (Å²) >= 11 is 0. The molecule has 2 N–H and O–H groups in total. The molecule has 0 saturated carbocycles. The van der Waals surface area contributed by atoms with Crippen LogP contribution in [0.25, 0.3) is 0 Å². The predicted molar refractivity (Wildman–Crippen MR) is 93.0 cm³/mol. The lowest BCUT2D eigenvalue weighted by atomic mass is 10.1. The first-order chi connectivity index (χ1) is 13.0. The highest BCUT2D eigenvalue weighted by Gasteiger charge is 2.33. The lowest BCUT2D eigenvalue weighted by Gasteiger charge is -2.20. The van der Waals surface area contributed by atoms with Crippen LogP contribution in [0.3, 0.4) is 0 Å². The number of aromatic nitrogens is 1. The first kappa shape index (κ1) is 20.7. The minimum absolute atomic E-state index is 0.0582. The van der Waals surface area contributed by atoms with E-state index >= 15 is 0 Å². The number of aliphatic hydroxyl groups excluding tert-OH is 1. The fraction of sp³-hybridized carbons (Fsp3) is 0.368. The van der Waals surface area contributed by atoms with Crippen LogP contribution in [0, 0.1) is 11.3 Å². The fourth-order valence-electron chi connectivity index (χ4n) is 2.43. The van der Waals surface area contributed by atoms with E-state index in [0.29, 0.717) is 25.9 Å². The summed E-state index contributed by atoms with van der Waals surface area (Å²) in [4.78, 5) is 3.51. The summed E-state index contributed by atoms with van der Waals surface area (Å²) in [5.74, 6) is -0.337. The highest BCUT2D eigenvalue weighted by atomic mass is 19.4. The van der Waals surface area contributed by atoms with E-state index in [1.54, 1.807) is 24.3 Å². The molecule has 144 valence electrons. The van der Waals surface area contributed by atoms with Gasteiger partial charge in [0, 0.05) is 13.0 Å². The Hall–Kier alpha value is -2.63. The molecule has 1 aromatic carbocycles. The van der Waals surface area contributed by atoms with Crippen LogP contribution < -0.4 is 10.1 Å². The van der Waals surface area contributed by atoms with Gasteiger partial charge in [-0.3, -0.25) is 0 Å². The number of alkyl halides is 3. The van der Waals surface area contributed by atoms with Crippen molar-refractivity contribution in [3.05, 3.63) is 59.3 Å². The van der Waals surface area contributed by atoms with E-state index in [9.17, 15) is 18.4 Å². The molecule has 0 radical (unpaired) electrons. The van der Waals surface area contributed by atoms with Crippen molar-refractivity contribution in [2.75, 3.05) is 19.7 Å². The predicted octanol–water partition coefficient (Wildman–Crippen LogP) is 3.45. The van der Waals surface area contributed by atoms with Crippen molar-refractivity contribution >= 4 is 0 Å². The molecule has 0 aliphatic carbocycles. The maximum Gasteiger partial charge on any atom is 0.433 e. The largest absolute Gasteiger partial charge is 0.468 e. The zero-order valence-corrected chi connectivity index (χ0v) is 14.5. The molecule has 2 aromatic rings. The third-order valence-electron chi connectivity index (χ3n) is 3.79. The van der Waals surface area contributed by atoms with Gasteiger partial charge in [-0.05, 0) is 37.2 Å². The van der Waals surface area contributed by atoms with Gasteiger partial charge < -0.3 is 15.2 Å². The average molecular weight is 379 g/mol. The molecule has 2 rings (SSSR count). The van der Waals surface area contributed by atoms with Gasteiger partial charge in [-0.25, -0.2) is 4.98 Å². The number of hydrogen-bond donors (Lipinski definition) is 2. The molecule has 0 aliphatic heterocycles. The summed E-state index contributed by atoms with van der Waals surface area (Å²) in [5, 5.41) is 21.1. The van der Waals surface area contributed by atoms with Crippen molar-refractivity contribution in [1.29, 1.82) is 5.26 Å². The van der Waals surface area contributed by atoms with Gasteiger partial charge in [0.25, 0.3) is 0 Å². The molecule has 0 saturated heterocycles. The molecule has 0 amide bonds. The number of nitriles is 1. The first-order valence-corrected chi connectivity index (χ1v) is 8.47. The van der Waals surface area contributed by atoms with Gasteiger partial charge in [0.2, 0.25) is 5.88 Å². The summed E-state index contributed by atoms with van der Waals surface area (Å²) in [6, 6.07) is 12.7. The van der Waals surface area contributed by atoms with Crippen LogP contribution in [0.5, 0.6) is 5.88 Å². The standard InChI is InChI=1S/C19H20F3N3O2/c20-19(21,22)17-8-7-15(13-23)18(25-17)27-16(9-11-24-10-4-12-26)14-5-2-1-3-6-14/h1-3,5-8,16,24,26H,4,9-12H2. The van der Waals surface area contributed by atoms with Gasteiger partial charge in [0.1, 0.15) is 23.4 Å². The van der Waals surface area contributed by atoms with Crippen LogP contribution in [0.1, 0.15) is 35.8 Å². The Labute approximate surface area is 155 Å². The number of pyridine rings is 1. The van der Waals surface area contributed by atoms with E-state index in [4.69, 9.17) is 9.84 Å². The van der Waals surface area contributed by atoms with E-state index in [-0.39, 0.29) is 18.1 Å². The minimum Gasteiger partial charge on any atom is -0.468 e. The summed E-state index contributed by atoms with van der Waals surface area (Å²) < 4.78 is 44.6. The third kappa shape index (κ3) is 6.24. The highest BCUT2D eigenvalue weighted by Crippen LogP contribution is 2.32. The summed E-state index contributed by atoms with van der Waals surface area (Å²) in [7, 11) is 0. The van der Waals surface area contributed by atoms with Crippen LogP contribution in [-0.2, 0) is 6.18 Å². The Morgan fingerprint density at radius 3 is 2.52 bits per heavy atom. The van der Waals surface area contributed by atoms with Gasteiger partial charge >= 0.3 is 6.18 Å². The van der Waals surface area contributed by atoms with Gasteiger partial charge in [-0.1, -0.05) is 30.3 Å². The zero-order valence-electron chi connectivity index (χ0n) is 14.5. The molecule has 0 bridgehead atoms. The second-order valence-corrected chi connectivity index (χ2v) is 5.79. The van der Waals surface area contributed by atoms with E-state index in [2.05, 4.69) is 10.3 Å². The first-order valence-electron chi connectivity index (χ1n) is 8.47. The third-order valence-corrected chi connectivity index (χ3v) is 3.79. The molecule has 0 spiro atoms. The molecule has 1 unspecified atom stereocenters. The zero-order chi connectivity index (χ0) is 19.7. The average Bonchev–Trinajstić information content (AvgIpc) is 2.66. The van der Waals surface area contributed by atoms with Gasteiger partial charge in [0.15, 0.2) is 0 Å². The van der Waals surface area contributed by atoms with Crippen LogP contribution in [0.15, 0.2) is 42.5 Å². The summed E-state index contributed by atoms with van der Waals surface area (Å²) in [6.45, 7) is 1.22. The monoisotopic (exact) mass is 379 g/mol. The van der Waals surface area contributed by atoms with E-state index in [1.165, 1.54) is 0 Å². The second kappa shape index (κ2) is 9.90. The number of aliphatic hydroxyl groups is 1. The normalized spacial score (nSPS) is 12.4. The Balaban J connectivity index is 2.22. The summed E-state index contributed by atoms with van der Waals surface area (Å²) in [5.41, 5.74) is -0.397. The Morgan fingerprint density at radius 1 is 1.15 bits per heavy atom. The van der Waals surface area contributed by atoms with Crippen molar-refractivity contribution in [2.45, 2.75) is 25.1 Å². The fourth-order valence-corrected chi connectivity index (χ4v) is 2.43. The molecule has 1 aromatic heterocycles. The maximum absolute atomic E-state index is 13.0. The van der Waals surface area contributed by atoms with E-state index < -0.39 is 18.0 Å². The number of nitrogens with zero attached hydrogens (tertiary/aromatic N) is 2. The number of rotatable bonds is 9. The Bertz CT molecular complexity index is 761. The molecular formula is C19H20F3N3O2. The van der Waals surface area contributed by atoms with Gasteiger partial charge in [-0.15, -0.1) is 0 Å². The highest BCUT2D eigenvalue weighted by molar-refractivity contribution is 5.39. The second-order valence-electron chi connectivity index (χ2n) is 5.79.